The maximum atomic E-state index is 9.05. The van der Waals surface area contributed by atoms with Crippen LogP contribution in [0.4, 0.5) is 0 Å². The average molecular weight is 394 g/mol. The summed E-state index contributed by atoms with van der Waals surface area (Å²) in [6.45, 7) is 2.96. The van der Waals surface area contributed by atoms with E-state index in [0.717, 1.165) is 16.9 Å². The molecule has 3 aromatic rings. The number of ether oxygens (including phenoxy) is 3. The Balaban J connectivity index is 1.57. The van der Waals surface area contributed by atoms with Gasteiger partial charge in [-0.1, -0.05) is 54.1 Å². The number of nitrogens with zero attached hydrogens (tertiary/aromatic N) is 1. The van der Waals surface area contributed by atoms with E-state index in [0.29, 0.717) is 41.9 Å². The molecule has 28 heavy (non-hydrogen) atoms. The predicted octanol–water partition coefficient (Wildman–Crippen LogP) is 5.74. The Bertz CT molecular complexity index is 950. The van der Waals surface area contributed by atoms with Crippen molar-refractivity contribution in [1.29, 1.82) is 5.26 Å². The van der Waals surface area contributed by atoms with Crippen LogP contribution in [-0.4, -0.2) is 19.8 Å². The number of benzene rings is 3. The highest BCUT2D eigenvalue weighted by Gasteiger charge is 2.12. The van der Waals surface area contributed by atoms with Gasteiger partial charge in [-0.2, -0.15) is 5.26 Å². The number of rotatable bonds is 8. The zero-order valence-corrected chi connectivity index (χ0v) is 16.3. The van der Waals surface area contributed by atoms with E-state index < -0.39 is 0 Å². The minimum Gasteiger partial charge on any atom is -0.490 e. The van der Waals surface area contributed by atoms with Crippen LogP contribution in [0.2, 0.25) is 5.02 Å². The third kappa shape index (κ3) is 4.97. The molecular formula is C23H20ClNO3. The smallest absolute Gasteiger partial charge is 0.179 e. The molecule has 0 aliphatic heterocycles. The van der Waals surface area contributed by atoms with Gasteiger partial charge in [0.15, 0.2) is 11.5 Å². The summed E-state index contributed by atoms with van der Waals surface area (Å²) in [7, 11) is 0. The minimum absolute atomic E-state index is 0.298. The van der Waals surface area contributed by atoms with Gasteiger partial charge in [0.05, 0.1) is 23.3 Å². The fourth-order valence-corrected chi connectivity index (χ4v) is 2.98. The fraction of sp³-hybridized carbons (Fsp3) is 0.174. The number of hydrogen-bond donors (Lipinski definition) is 0. The van der Waals surface area contributed by atoms with Crippen molar-refractivity contribution in [3.8, 4) is 34.4 Å². The molecule has 0 aromatic heterocycles. The van der Waals surface area contributed by atoms with Gasteiger partial charge in [-0.05, 0) is 36.2 Å². The van der Waals surface area contributed by atoms with Gasteiger partial charge in [-0.25, -0.2) is 0 Å². The standard InChI is InChI=1S/C23H20ClNO3/c1-2-26-22-15-17(16-25)14-21(24)23(22)28-13-12-27-20-10-8-19(9-11-20)18-6-4-3-5-7-18/h3-11,14-15H,2,12-13H2,1H3. The van der Waals surface area contributed by atoms with Crippen LogP contribution in [0.25, 0.3) is 11.1 Å². The van der Waals surface area contributed by atoms with Gasteiger partial charge < -0.3 is 14.2 Å². The quantitative estimate of drug-likeness (QED) is 0.458. The molecule has 3 aromatic carbocycles. The van der Waals surface area contributed by atoms with Crippen molar-refractivity contribution in [2.24, 2.45) is 0 Å². The molecule has 0 spiro atoms. The summed E-state index contributed by atoms with van der Waals surface area (Å²) in [5.74, 6) is 1.64. The summed E-state index contributed by atoms with van der Waals surface area (Å²) in [5.41, 5.74) is 2.72. The molecule has 0 heterocycles. The van der Waals surface area contributed by atoms with Gasteiger partial charge in [0, 0.05) is 6.07 Å². The lowest BCUT2D eigenvalue weighted by molar-refractivity contribution is 0.208. The topological polar surface area (TPSA) is 51.5 Å². The SMILES string of the molecule is CCOc1cc(C#N)cc(Cl)c1OCCOc1ccc(-c2ccccc2)cc1. The molecule has 0 aliphatic carbocycles. The van der Waals surface area contributed by atoms with Crippen molar-refractivity contribution in [3.63, 3.8) is 0 Å². The van der Waals surface area contributed by atoms with Gasteiger partial charge in [-0.3, -0.25) is 0 Å². The Morgan fingerprint density at radius 1 is 0.857 bits per heavy atom. The number of nitriles is 1. The second kappa shape index (κ2) is 9.68. The molecule has 0 N–H and O–H groups in total. The van der Waals surface area contributed by atoms with Crippen molar-refractivity contribution in [3.05, 3.63) is 77.3 Å². The molecule has 5 heteroatoms. The lowest BCUT2D eigenvalue weighted by Crippen LogP contribution is -2.10. The lowest BCUT2D eigenvalue weighted by Gasteiger charge is -2.14. The van der Waals surface area contributed by atoms with Crippen LogP contribution >= 0.6 is 11.6 Å². The molecule has 3 rings (SSSR count). The second-order valence-corrected chi connectivity index (χ2v) is 6.32. The van der Waals surface area contributed by atoms with E-state index in [-0.39, 0.29) is 0 Å². The van der Waals surface area contributed by atoms with Gasteiger partial charge in [0.2, 0.25) is 0 Å². The highest BCUT2D eigenvalue weighted by Crippen LogP contribution is 2.36. The van der Waals surface area contributed by atoms with Crippen molar-refractivity contribution in [1.82, 2.24) is 0 Å². The van der Waals surface area contributed by atoms with Crippen molar-refractivity contribution in [2.45, 2.75) is 6.92 Å². The summed E-state index contributed by atoms with van der Waals surface area (Å²) in [6, 6.07) is 23.3. The van der Waals surface area contributed by atoms with E-state index in [1.54, 1.807) is 12.1 Å². The van der Waals surface area contributed by atoms with Crippen molar-refractivity contribution in [2.75, 3.05) is 19.8 Å². The van der Waals surface area contributed by atoms with E-state index in [9.17, 15) is 0 Å². The second-order valence-electron chi connectivity index (χ2n) is 5.92. The maximum Gasteiger partial charge on any atom is 0.179 e. The summed E-state index contributed by atoms with van der Waals surface area (Å²) in [4.78, 5) is 0. The largest absolute Gasteiger partial charge is 0.490 e. The third-order valence-electron chi connectivity index (χ3n) is 4.00. The molecule has 0 aliphatic rings. The summed E-state index contributed by atoms with van der Waals surface area (Å²) in [6.07, 6.45) is 0. The lowest BCUT2D eigenvalue weighted by atomic mass is 10.1. The van der Waals surface area contributed by atoms with E-state index in [4.69, 9.17) is 31.1 Å². The summed E-state index contributed by atoms with van der Waals surface area (Å²) in [5, 5.41) is 9.40. The van der Waals surface area contributed by atoms with Crippen molar-refractivity contribution >= 4 is 11.6 Å². The van der Waals surface area contributed by atoms with Crippen LogP contribution in [0.1, 0.15) is 12.5 Å². The van der Waals surface area contributed by atoms with E-state index in [1.165, 1.54) is 0 Å². The van der Waals surface area contributed by atoms with Crippen LogP contribution in [0, 0.1) is 11.3 Å². The first-order chi connectivity index (χ1) is 13.7. The molecule has 0 amide bonds. The zero-order chi connectivity index (χ0) is 19.8. The number of hydrogen-bond acceptors (Lipinski definition) is 4. The fourth-order valence-electron chi connectivity index (χ4n) is 2.71. The first-order valence-corrected chi connectivity index (χ1v) is 9.36. The number of halogens is 1. The Morgan fingerprint density at radius 3 is 2.21 bits per heavy atom. The zero-order valence-electron chi connectivity index (χ0n) is 15.5. The van der Waals surface area contributed by atoms with Crippen molar-refractivity contribution < 1.29 is 14.2 Å². The predicted molar refractivity (Wildman–Crippen MR) is 110 cm³/mol. The van der Waals surface area contributed by atoms with Crippen LogP contribution in [0.15, 0.2) is 66.7 Å². The molecule has 142 valence electrons. The highest BCUT2D eigenvalue weighted by molar-refractivity contribution is 6.32. The summed E-state index contributed by atoms with van der Waals surface area (Å²) >= 11 is 6.22. The third-order valence-corrected chi connectivity index (χ3v) is 4.28. The first kappa shape index (κ1) is 19.6. The molecule has 0 saturated carbocycles. The molecule has 0 bridgehead atoms. The highest BCUT2D eigenvalue weighted by atomic mass is 35.5. The molecule has 0 unspecified atom stereocenters. The van der Waals surface area contributed by atoms with Crippen LogP contribution in [-0.2, 0) is 0 Å². The van der Waals surface area contributed by atoms with Crippen LogP contribution < -0.4 is 14.2 Å². The average Bonchev–Trinajstić information content (AvgIpc) is 2.73. The van der Waals surface area contributed by atoms with Gasteiger partial charge in [0.1, 0.15) is 19.0 Å². The maximum absolute atomic E-state index is 9.05. The first-order valence-electron chi connectivity index (χ1n) is 8.98. The van der Waals surface area contributed by atoms with Crippen LogP contribution in [0.3, 0.4) is 0 Å². The Labute approximate surface area is 169 Å². The molecule has 0 atom stereocenters. The normalized spacial score (nSPS) is 10.2. The molecule has 0 saturated heterocycles. The van der Waals surface area contributed by atoms with E-state index >= 15 is 0 Å². The van der Waals surface area contributed by atoms with Crippen LogP contribution in [0.5, 0.6) is 17.2 Å². The van der Waals surface area contributed by atoms with Gasteiger partial charge >= 0.3 is 0 Å². The summed E-state index contributed by atoms with van der Waals surface area (Å²) < 4.78 is 17.0. The minimum atomic E-state index is 0.298. The Kier molecular flexibility index (Phi) is 6.78. The monoisotopic (exact) mass is 393 g/mol. The van der Waals surface area contributed by atoms with Gasteiger partial charge in [0.25, 0.3) is 0 Å². The molecule has 4 nitrogen and oxygen atoms in total. The van der Waals surface area contributed by atoms with E-state index in [2.05, 4.69) is 18.2 Å². The van der Waals surface area contributed by atoms with E-state index in [1.807, 2.05) is 49.4 Å². The molecule has 0 radical (unpaired) electrons. The Hall–Kier alpha value is -3.16. The van der Waals surface area contributed by atoms with Gasteiger partial charge in [-0.15, -0.1) is 0 Å². The molecular weight excluding hydrogens is 374 g/mol. The molecule has 0 fully saturated rings. The Morgan fingerprint density at radius 2 is 1.54 bits per heavy atom.